The van der Waals surface area contributed by atoms with Gasteiger partial charge in [-0.1, -0.05) is 35.9 Å². The molecule has 0 spiro atoms. The summed E-state index contributed by atoms with van der Waals surface area (Å²) in [6.45, 7) is 2.70. The second-order valence-electron chi connectivity index (χ2n) is 7.86. The zero-order valence-electron chi connectivity index (χ0n) is 18.1. The lowest BCUT2D eigenvalue weighted by atomic mass is 10.1. The van der Waals surface area contributed by atoms with Crippen molar-refractivity contribution in [1.29, 1.82) is 0 Å². The zero-order chi connectivity index (χ0) is 22.6. The Morgan fingerprint density at radius 3 is 2.73 bits per heavy atom. The van der Waals surface area contributed by atoms with Gasteiger partial charge in [0.25, 0.3) is 5.91 Å². The van der Waals surface area contributed by atoms with E-state index in [1.807, 2.05) is 61.5 Å². The predicted molar refractivity (Wildman–Crippen MR) is 123 cm³/mol. The second-order valence-corrected chi connectivity index (χ2v) is 7.86. The van der Waals surface area contributed by atoms with Crippen LogP contribution in [-0.4, -0.2) is 42.4 Å². The normalized spacial score (nSPS) is 11.1. The van der Waals surface area contributed by atoms with Gasteiger partial charge < -0.3 is 9.64 Å². The van der Waals surface area contributed by atoms with Gasteiger partial charge in [-0.2, -0.15) is 4.52 Å². The van der Waals surface area contributed by atoms with E-state index < -0.39 is 0 Å². The maximum atomic E-state index is 13.2. The number of benzene rings is 2. The van der Waals surface area contributed by atoms with Gasteiger partial charge in [0, 0.05) is 36.4 Å². The van der Waals surface area contributed by atoms with E-state index in [-0.39, 0.29) is 12.5 Å². The van der Waals surface area contributed by atoms with Crippen molar-refractivity contribution in [3.63, 3.8) is 0 Å². The van der Waals surface area contributed by atoms with Gasteiger partial charge in [0.15, 0.2) is 12.3 Å². The van der Waals surface area contributed by atoms with Crippen molar-refractivity contribution >= 4 is 22.5 Å². The lowest BCUT2D eigenvalue weighted by Crippen LogP contribution is -2.34. The van der Waals surface area contributed by atoms with Crippen LogP contribution in [0.25, 0.3) is 16.6 Å². The van der Waals surface area contributed by atoms with E-state index in [1.165, 1.54) is 0 Å². The summed E-state index contributed by atoms with van der Waals surface area (Å²) < 4.78 is 7.45. The van der Waals surface area contributed by atoms with Gasteiger partial charge >= 0.3 is 0 Å². The van der Waals surface area contributed by atoms with E-state index >= 15 is 0 Å². The van der Waals surface area contributed by atoms with Crippen molar-refractivity contribution in [2.75, 3.05) is 6.61 Å². The average Bonchev–Trinajstić information content (AvgIpc) is 3.34. The molecule has 3 aromatic heterocycles. The van der Waals surface area contributed by atoms with Crippen LogP contribution in [0.1, 0.15) is 16.7 Å². The molecule has 3 heterocycles. The molecule has 0 fully saturated rings. The second kappa shape index (κ2) is 9.04. The van der Waals surface area contributed by atoms with Crippen molar-refractivity contribution in [2.24, 2.45) is 0 Å². The van der Waals surface area contributed by atoms with Crippen molar-refractivity contribution in [3.8, 4) is 5.75 Å². The number of aromatic nitrogens is 5. The van der Waals surface area contributed by atoms with Gasteiger partial charge in [-0.15, -0.1) is 5.10 Å². The first-order valence-corrected chi connectivity index (χ1v) is 10.6. The zero-order valence-corrected chi connectivity index (χ0v) is 18.1. The van der Waals surface area contributed by atoms with Gasteiger partial charge in [0.05, 0.1) is 5.52 Å². The molecule has 0 saturated heterocycles. The third-order valence-corrected chi connectivity index (χ3v) is 5.41. The number of hydrogen-bond acceptors (Lipinski definition) is 6. The number of para-hydroxylation sites is 1. The molecule has 8 nitrogen and oxygen atoms in total. The fourth-order valence-electron chi connectivity index (χ4n) is 3.80. The molecule has 33 heavy (non-hydrogen) atoms. The first-order chi connectivity index (χ1) is 16.2. The molecule has 0 radical (unpaired) electrons. The first-order valence-electron chi connectivity index (χ1n) is 10.6. The number of amides is 1. The lowest BCUT2D eigenvalue weighted by Gasteiger charge is -2.23. The minimum Gasteiger partial charge on any atom is -0.484 e. The fourth-order valence-corrected chi connectivity index (χ4v) is 3.80. The van der Waals surface area contributed by atoms with Crippen LogP contribution in [0.15, 0.2) is 79.1 Å². The van der Waals surface area contributed by atoms with Crippen LogP contribution >= 0.6 is 0 Å². The van der Waals surface area contributed by atoms with Crippen molar-refractivity contribution in [2.45, 2.75) is 20.0 Å². The van der Waals surface area contributed by atoms with E-state index in [1.54, 1.807) is 21.8 Å². The smallest absolute Gasteiger partial charge is 0.261 e. The molecule has 0 saturated carbocycles. The molecule has 0 aliphatic heterocycles. The molecule has 0 unspecified atom stereocenters. The molecule has 1 amide bonds. The number of nitrogens with zero attached hydrogens (tertiary/aromatic N) is 6. The van der Waals surface area contributed by atoms with Crippen LogP contribution in [0, 0.1) is 6.92 Å². The number of carbonyl (C=O) groups excluding carboxylic acids is 1. The maximum absolute atomic E-state index is 13.2. The number of rotatable bonds is 7. The van der Waals surface area contributed by atoms with Crippen LogP contribution in [-0.2, 0) is 17.9 Å². The quantitative estimate of drug-likeness (QED) is 0.386. The first kappa shape index (κ1) is 20.6. The Kier molecular flexibility index (Phi) is 5.63. The number of aryl methyl sites for hydroxylation is 1. The largest absolute Gasteiger partial charge is 0.484 e. The highest BCUT2D eigenvalue weighted by Gasteiger charge is 2.19. The monoisotopic (exact) mass is 438 g/mol. The summed E-state index contributed by atoms with van der Waals surface area (Å²) in [6.07, 6.45) is 3.47. The van der Waals surface area contributed by atoms with E-state index in [2.05, 4.69) is 32.6 Å². The Morgan fingerprint density at radius 1 is 1.03 bits per heavy atom. The summed E-state index contributed by atoms with van der Waals surface area (Å²) in [4.78, 5) is 19.2. The molecule has 0 aliphatic rings. The molecule has 0 N–H and O–H groups in total. The third-order valence-electron chi connectivity index (χ3n) is 5.41. The maximum Gasteiger partial charge on any atom is 0.261 e. The molecular formula is C25H22N6O2. The summed E-state index contributed by atoms with van der Waals surface area (Å²) in [5, 5.41) is 13.3. The molecule has 0 bridgehead atoms. The fraction of sp³-hybridized carbons (Fsp3) is 0.160. The number of carbonyl (C=O) groups is 1. The van der Waals surface area contributed by atoms with Crippen molar-refractivity contribution in [1.82, 2.24) is 29.9 Å². The number of pyridine rings is 2. The summed E-state index contributed by atoms with van der Waals surface area (Å²) in [5.41, 5.74) is 4.47. The Morgan fingerprint density at radius 2 is 1.91 bits per heavy atom. The highest BCUT2D eigenvalue weighted by atomic mass is 16.5. The Labute approximate surface area is 190 Å². The molecule has 5 aromatic rings. The molecule has 8 heteroatoms. The third kappa shape index (κ3) is 4.50. The molecule has 0 aliphatic carbocycles. The Bertz CT molecular complexity index is 1400. The SMILES string of the molecule is Cc1ccc2c(c1)cc(CN(Cc1cccnc1)C(=O)COc1ccccc1)c1nnnn12. The Balaban J connectivity index is 1.47. The molecule has 2 aromatic carbocycles. The molecule has 164 valence electrons. The standard InChI is InChI=1S/C25H22N6O2/c1-18-9-10-23-20(12-18)13-21(25-27-28-29-31(23)25)16-30(15-19-6-5-11-26-14-19)24(32)17-33-22-7-3-2-4-8-22/h2-14H,15-17H2,1H3. The van der Waals surface area contributed by atoms with E-state index in [0.717, 1.165) is 27.6 Å². The molecular weight excluding hydrogens is 416 g/mol. The average molecular weight is 438 g/mol. The predicted octanol–water partition coefficient (Wildman–Crippen LogP) is 3.59. The van der Waals surface area contributed by atoms with Crippen LogP contribution in [0.5, 0.6) is 5.75 Å². The van der Waals surface area contributed by atoms with Gasteiger partial charge in [-0.3, -0.25) is 9.78 Å². The van der Waals surface area contributed by atoms with Crippen LogP contribution in [0.4, 0.5) is 0 Å². The number of ether oxygens (including phenoxy) is 1. The van der Waals surface area contributed by atoms with Crippen molar-refractivity contribution < 1.29 is 9.53 Å². The lowest BCUT2D eigenvalue weighted by molar-refractivity contribution is -0.134. The highest BCUT2D eigenvalue weighted by Crippen LogP contribution is 2.22. The van der Waals surface area contributed by atoms with Crippen LogP contribution in [0.3, 0.4) is 0 Å². The van der Waals surface area contributed by atoms with E-state index in [4.69, 9.17) is 4.74 Å². The Hall–Kier alpha value is -4.33. The number of tetrazole rings is 1. The van der Waals surface area contributed by atoms with Gasteiger partial charge in [-0.25, -0.2) is 0 Å². The van der Waals surface area contributed by atoms with Gasteiger partial charge in [0.1, 0.15) is 5.75 Å². The summed E-state index contributed by atoms with van der Waals surface area (Å²) >= 11 is 0. The van der Waals surface area contributed by atoms with E-state index in [9.17, 15) is 4.79 Å². The summed E-state index contributed by atoms with van der Waals surface area (Å²) in [7, 11) is 0. The van der Waals surface area contributed by atoms with Gasteiger partial charge in [-0.05, 0) is 59.3 Å². The van der Waals surface area contributed by atoms with Gasteiger partial charge in [0.2, 0.25) is 0 Å². The highest BCUT2D eigenvalue weighted by molar-refractivity contribution is 5.84. The topological polar surface area (TPSA) is 85.5 Å². The minimum atomic E-state index is -0.141. The number of fused-ring (bicyclic) bond motifs is 3. The molecule has 0 atom stereocenters. The minimum absolute atomic E-state index is 0.0712. The summed E-state index contributed by atoms with van der Waals surface area (Å²) in [6, 6.07) is 21.3. The number of hydrogen-bond donors (Lipinski definition) is 0. The summed E-state index contributed by atoms with van der Waals surface area (Å²) in [5.74, 6) is 0.509. The van der Waals surface area contributed by atoms with E-state index in [0.29, 0.717) is 24.5 Å². The van der Waals surface area contributed by atoms with Crippen molar-refractivity contribution in [3.05, 3.63) is 95.8 Å². The van der Waals surface area contributed by atoms with Crippen LogP contribution in [0.2, 0.25) is 0 Å². The molecule has 5 rings (SSSR count). The van der Waals surface area contributed by atoms with Crippen LogP contribution < -0.4 is 4.74 Å².